The summed E-state index contributed by atoms with van der Waals surface area (Å²) in [6, 6.07) is 12.6. The number of anilines is 1. The summed E-state index contributed by atoms with van der Waals surface area (Å²) in [4.78, 5) is 23.2. The van der Waals surface area contributed by atoms with Crippen LogP contribution in [0.25, 0.3) is 0 Å². The first-order valence-corrected chi connectivity index (χ1v) is 8.59. The van der Waals surface area contributed by atoms with E-state index < -0.39 is 0 Å². The molecule has 0 aliphatic rings. The van der Waals surface area contributed by atoms with Crippen LogP contribution in [-0.4, -0.2) is 25.4 Å². The first-order valence-electron chi connectivity index (χ1n) is 8.59. The number of hydrogen-bond donors (Lipinski definition) is 1. The highest BCUT2D eigenvalue weighted by molar-refractivity contribution is 5.92. The maximum Gasteiger partial charge on any atom is 0.262 e. The van der Waals surface area contributed by atoms with Crippen molar-refractivity contribution in [3.05, 3.63) is 53.6 Å². The van der Waals surface area contributed by atoms with E-state index in [1.54, 1.807) is 18.2 Å². The molecule has 2 rings (SSSR count). The van der Waals surface area contributed by atoms with Gasteiger partial charge < -0.3 is 14.8 Å². The number of ether oxygens (including phenoxy) is 2. The van der Waals surface area contributed by atoms with Crippen molar-refractivity contribution < 1.29 is 19.1 Å². The molecule has 0 saturated heterocycles. The molecular weight excluding hydrogens is 330 g/mol. The van der Waals surface area contributed by atoms with Crippen molar-refractivity contribution in [1.29, 1.82) is 0 Å². The van der Waals surface area contributed by atoms with E-state index in [0.717, 1.165) is 17.5 Å². The molecule has 0 radical (unpaired) electrons. The summed E-state index contributed by atoms with van der Waals surface area (Å²) in [5.74, 6) is 0.611. The van der Waals surface area contributed by atoms with Gasteiger partial charge >= 0.3 is 0 Å². The van der Waals surface area contributed by atoms with E-state index in [9.17, 15) is 9.59 Å². The van der Waals surface area contributed by atoms with Crippen LogP contribution in [0.5, 0.6) is 11.5 Å². The van der Waals surface area contributed by atoms with Crippen LogP contribution < -0.4 is 14.8 Å². The Kier molecular flexibility index (Phi) is 6.39. The molecule has 0 fully saturated rings. The maximum absolute atomic E-state index is 12.3. The van der Waals surface area contributed by atoms with Crippen LogP contribution in [0.2, 0.25) is 0 Å². The fourth-order valence-electron chi connectivity index (χ4n) is 2.56. The molecule has 0 bridgehead atoms. The van der Waals surface area contributed by atoms with Crippen LogP contribution in [0.15, 0.2) is 42.5 Å². The molecule has 0 saturated carbocycles. The Morgan fingerprint density at radius 3 is 2.46 bits per heavy atom. The van der Waals surface area contributed by atoms with E-state index in [2.05, 4.69) is 26.1 Å². The van der Waals surface area contributed by atoms with E-state index in [1.807, 2.05) is 31.2 Å². The summed E-state index contributed by atoms with van der Waals surface area (Å²) in [6.45, 7) is 8.41. The van der Waals surface area contributed by atoms with Gasteiger partial charge in [-0.15, -0.1) is 0 Å². The number of aldehydes is 1. The highest BCUT2D eigenvalue weighted by atomic mass is 16.5. The molecule has 5 nitrogen and oxygen atoms in total. The Bertz CT molecular complexity index is 778. The standard InChI is InChI=1S/C21H25NO4/c1-5-25-19-12-15(13-23)10-11-18(19)26-14-20(24)22-17-9-7-6-8-16(17)21(2,3)4/h6-13H,5,14H2,1-4H3,(H,22,24). The van der Waals surface area contributed by atoms with Gasteiger partial charge in [-0.3, -0.25) is 9.59 Å². The molecule has 138 valence electrons. The Morgan fingerprint density at radius 1 is 1.08 bits per heavy atom. The van der Waals surface area contributed by atoms with Crippen LogP contribution in [0.4, 0.5) is 5.69 Å². The van der Waals surface area contributed by atoms with E-state index in [1.165, 1.54) is 0 Å². The Morgan fingerprint density at radius 2 is 1.81 bits per heavy atom. The van der Waals surface area contributed by atoms with Gasteiger partial charge in [0.15, 0.2) is 18.1 Å². The fraction of sp³-hybridized carbons (Fsp3) is 0.333. The van der Waals surface area contributed by atoms with Gasteiger partial charge in [0.1, 0.15) is 6.29 Å². The quantitative estimate of drug-likeness (QED) is 0.756. The number of benzene rings is 2. The van der Waals surface area contributed by atoms with Crippen molar-refractivity contribution in [2.75, 3.05) is 18.5 Å². The molecule has 0 aliphatic carbocycles. The molecule has 0 aliphatic heterocycles. The second kappa shape index (κ2) is 8.52. The van der Waals surface area contributed by atoms with Crippen LogP contribution in [0.1, 0.15) is 43.6 Å². The van der Waals surface area contributed by atoms with Crippen molar-refractivity contribution in [2.24, 2.45) is 0 Å². The summed E-state index contributed by atoms with van der Waals surface area (Å²) in [7, 11) is 0. The second-order valence-electron chi connectivity index (χ2n) is 6.89. The predicted molar refractivity (Wildman–Crippen MR) is 102 cm³/mol. The zero-order valence-electron chi connectivity index (χ0n) is 15.7. The van der Waals surface area contributed by atoms with Gasteiger partial charge in [0, 0.05) is 11.3 Å². The molecule has 0 aromatic heterocycles. The third-order valence-electron chi connectivity index (χ3n) is 3.77. The summed E-state index contributed by atoms with van der Waals surface area (Å²) < 4.78 is 11.1. The minimum atomic E-state index is -0.261. The third-order valence-corrected chi connectivity index (χ3v) is 3.77. The predicted octanol–water partition coefficient (Wildman–Crippen LogP) is 4.21. The highest BCUT2D eigenvalue weighted by Crippen LogP contribution is 2.30. The van der Waals surface area contributed by atoms with E-state index >= 15 is 0 Å². The van der Waals surface area contributed by atoms with Gasteiger partial charge in [0.2, 0.25) is 0 Å². The van der Waals surface area contributed by atoms with Crippen LogP contribution >= 0.6 is 0 Å². The van der Waals surface area contributed by atoms with Crippen molar-refractivity contribution >= 4 is 17.9 Å². The van der Waals surface area contributed by atoms with Crippen molar-refractivity contribution in [3.63, 3.8) is 0 Å². The highest BCUT2D eigenvalue weighted by Gasteiger charge is 2.18. The Hall–Kier alpha value is -2.82. The topological polar surface area (TPSA) is 64.6 Å². The van der Waals surface area contributed by atoms with Crippen molar-refractivity contribution in [2.45, 2.75) is 33.1 Å². The van der Waals surface area contributed by atoms with E-state index in [0.29, 0.717) is 23.7 Å². The lowest BCUT2D eigenvalue weighted by Crippen LogP contribution is -2.23. The van der Waals surface area contributed by atoms with E-state index in [-0.39, 0.29) is 17.9 Å². The van der Waals surface area contributed by atoms with Crippen molar-refractivity contribution in [3.8, 4) is 11.5 Å². The molecule has 5 heteroatoms. The number of carbonyl (C=O) groups is 2. The summed E-state index contributed by atoms with van der Waals surface area (Å²) in [6.07, 6.45) is 0.739. The molecule has 0 unspecified atom stereocenters. The Balaban J connectivity index is 2.07. The van der Waals surface area contributed by atoms with Crippen molar-refractivity contribution in [1.82, 2.24) is 0 Å². The molecule has 1 amide bonds. The largest absolute Gasteiger partial charge is 0.490 e. The molecule has 0 spiro atoms. The number of carbonyl (C=O) groups excluding carboxylic acids is 2. The van der Waals surface area contributed by atoms with Gasteiger partial charge in [-0.05, 0) is 42.2 Å². The van der Waals surface area contributed by atoms with Gasteiger partial charge in [0.05, 0.1) is 6.61 Å². The minimum absolute atomic E-state index is 0.0858. The first-order chi connectivity index (χ1) is 12.3. The second-order valence-corrected chi connectivity index (χ2v) is 6.89. The van der Waals surface area contributed by atoms with Gasteiger partial charge in [-0.2, -0.15) is 0 Å². The smallest absolute Gasteiger partial charge is 0.262 e. The molecule has 2 aromatic carbocycles. The first kappa shape index (κ1) is 19.5. The Labute approximate surface area is 154 Å². The zero-order valence-corrected chi connectivity index (χ0v) is 15.7. The SMILES string of the molecule is CCOc1cc(C=O)ccc1OCC(=O)Nc1ccccc1C(C)(C)C. The fourth-order valence-corrected chi connectivity index (χ4v) is 2.56. The average molecular weight is 355 g/mol. The third kappa shape index (κ3) is 5.09. The molecule has 26 heavy (non-hydrogen) atoms. The zero-order chi connectivity index (χ0) is 19.2. The molecule has 0 heterocycles. The summed E-state index contributed by atoms with van der Waals surface area (Å²) in [5, 5.41) is 2.90. The normalized spacial score (nSPS) is 10.9. The maximum atomic E-state index is 12.3. The molecular formula is C21H25NO4. The lowest BCUT2D eigenvalue weighted by molar-refractivity contribution is -0.118. The number of para-hydroxylation sites is 1. The van der Waals surface area contributed by atoms with Gasteiger partial charge in [-0.1, -0.05) is 39.0 Å². The summed E-state index contributed by atoms with van der Waals surface area (Å²) >= 11 is 0. The molecule has 1 N–H and O–H groups in total. The van der Waals surface area contributed by atoms with Gasteiger partial charge in [0.25, 0.3) is 5.91 Å². The number of hydrogen-bond acceptors (Lipinski definition) is 4. The lowest BCUT2D eigenvalue weighted by atomic mass is 9.86. The average Bonchev–Trinajstić information content (AvgIpc) is 2.60. The summed E-state index contributed by atoms with van der Waals surface area (Å²) in [5.41, 5.74) is 2.23. The number of amides is 1. The van der Waals surface area contributed by atoms with Crippen LogP contribution in [-0.2, 0) is 10.2 Å². The van der Waals surface area contributed by atoms with Crippen LogP contribution in [0, 0.1) is 0 Å². The lowest BCUT2D eigenvalue weighted by Gasteiger charge is -2.23. The van der Waals surface area contributed by atoms with Gasteiger partial charge in [-0.25, -0.2) is 0 Å². The molecule has 0 atom stereocenters. The van der Waals surface area contributed by atoms with Crippen LogP contribution in [0.3, 0.4) is 0 Å². The number of rotatable bonds is 7. The minimum Gasteiger partial charge on any atom is -0.490 e. The number of nitrogens with one attached hydrogen (secondary N) is 1. The van der Waals surface area contributed by atoms with E-state index in [4.69, 9.17) is 9.47 Å². The monoisotopic (exact) mass is 355 g/mol. The molecule has 2 aromatic rings.